The number of carbonyl (C=O) groups is 3. The molecule has 1 N–H and O–H groups in total. The van der Waals surface area contributed by atoms with E-state index in [0.29, 0.717) is 36.7 Å². The van der Waals surface area contributed by atoms with Crippen molar-refractivity contribution >= 4 is 17.8 Å². The molecular formula is C23H34N2O6. The Hall–Kier alpha value is -2.77. The second-order valence-electron chi connectivity index (χ2n) is 7.67. The van der Waals surface area contributed by atoms with Gasteiger partial charge in [0.15, 0.2) is 18.1 Å². The van der Waals surface area contributed by atoms with Gasteiger partial charge in [-0.3, -0.25) is 9.59 Å². The summed E-state index contributed by atoms with van der Waals surface area (Å²) in [5.41, 5.74) is 0.447. The predicted molar refractivity (Wildman–Crippen MR) is 116 cm³/mol. The Morgan fingerprint density at radius 3 is 2.65 bits per heavy atom. The number of unbranched alkanes of at least 4 members (excludes halogenated alkanes) is 3. The van der Waals surface area contributed by atoms with Crippen LogP contribution in [0.15, 0.2) is 18.2 Å². The summed E-state index contributed by atoms with van der Waals surface area (Å²) in [6.45, 7) is 3.62. The number of amides is 2. The highest BCUT2D eigenvalue weighted by molar-refractivity contribution is 5.95. The molecule has 0 aliphatic carbocycles. The Kier molecular flexibility index (Phi) is 10.1. The molecule has 1 unspecified atom stereocenters. The van der Waals surface area contributed by atoms with Crippen LogP contribution >= 0.6 is 0 Å². The molecule has 0 aromatic heterocycles. The molecule has 172 valence electrons. The van der Waals surface area contributed by atoms with Gasteiger partial charge in [0.05, 0.1) is 20.1 Å². The maximum atomic E-state index is 13.0. The topological polar surface area (TPSA) is 94.2 Å². The molecule has 0 bridgehead atoms. The normalized spacial score (nSPS) is 15.8. The highest BCUT2D eigenvalue weighted by atomic mass is 16.6. The maximum Gasteiger partial charge on any atom is 0.343 e. The Labute approximate surface area is 184 Å². The lowest BCUT2D eigenvalue weighted by molar-refractivity contribution is -0.143. The van der Waals surface area contributed by atoms with Crippen molar-refractivity contribution < 1.29 is 28.6 Å². The zero-order valence-electron chi connectivity index (χ0n) is 18.8. The van der Waals surface area contributed by atoms with E-state index < -0.39 is 5.97 Å². The Balaban J connectivity index is 1.95. The number of ether oxygens (including phenoxy) is 3. The first-order valence-electron chi connectivity index (χ1n) is 10.9. The standard InChI is InChI=1S/C23H34N2O6/c1-4-5-6-7-12-24-22(27)18-9-8-13-25(15-18)23(28)17-10-11-19(20(14-17)29-2)31-16-21(26)30-3/h10-11,14,18H,4-9,12-13,15-16H2,1-3H3,(H,24,27). The second-order valence-corrected chi connectivity index (χ2v) is 7.67. The van der Waals surface area contributed by atoms with Crippen molar-refractivity contribution in [2.45, 2.75) is 45.4 Å². The largest absolute Gasteiger partial charge is 0.493 e. The van der Waals surface area contributed by atoms with Gasteiger partial charge in [-0.2, -0.15) is 0 Å². The molecule has 2 rings (SSSR count). The average Bonchev–Trinajstić information content (AvgIpc) is 2.81. The van der Waals surface area contributed by atoms with Crippen LogP contribution in [0.2, 0.25) is 0 Å². The number of piperidine rings is 1. The van der Waals surface area contributed by atoms with Crippen molar-refractivity contribution in [1.29, 1.82) is 0 Å². The number of nitrogens with zero attached hydrogens (tertiary/aromatic N) is 1. The average molecular weight is 435 g/mol. The van der Waals surface area contributed by atoms with Crippen LogP contribution in [0.4, 0.5) is 0 Å². The van der Waals surface area contributed by atoms with E-state index in [1.165, 1.54) is 20.6 Å². The Morgan fingerprint density at radius 2 is 1.94 bits per heavy atom. The lowest BCUT2D eigenvalue weighted by atomic mass is 9.96. The van der Waals surface area contributed by atoms with Gasteiger partial charge < -0.3 is 24.4 Å². The van der Waals surface area contributed by atoms with Gasteiger partial charge in [-0.05, 0) is 37.5 Å². The summed E-state index contributed by atoms with van der Waals surface area (Å²) in [6, 6.07) is 4.82. The lowest BCUT2D eigenvalue weighted by Crippen LogP contribution is -2.45. The summed E-state index contributed by atoms with van der Waals surface area (Å²) < 4.78 is 15.3. The summed E-state index contributed by atoms with van der Waals surface area (Å²) in [5, 5.41) is 3.01. The molecule has 1 saturated heterocycles. The molecule has 1 fully saturated rings. The Bertz CT molecular complexity index is 752. The van der Waals surface area contributed by atoms with Crippen LogP contribution in [-0.2, 0) is 14.3 Å². The molecule has 1 aliphatic rings. The number of likely N-dealkylation sites (tertiary alicyclic amines) is 1. The fourth-order valence-corrected chi connectivity index (χ4v) is 3.58. The number of benzene rings is 1. The first-order chi connectivity index (χ1) is 15.0. The quantitative estimate of drug-likeness (QED) is 0.425. The van der Waals surface area contributed by atoms with Crippen molar-refractivity contribution in [3.8, 4) is 11.5 Å². The number of nitrogens with one attached hydrogen (secondary N) is 1. The van der Waals surface area contributed by atoms with Gasteiger partial charge in [-0.15, -0.1) is 0 Å². The van der Waals surface area contributed by atoms with E-state index in [0.717, 1.165) is 32.1 Å². The zero-order valence-corrected chi connectivity index (χ0v) is 18.8. The van der Waals surface area contributed by atoms with Gasteiger partial charge in [-0.25, -0.2) is 4.79 Å². The van der Waals surface area contributed by atoms with E-state index in [1.807, 2.05) is 0 Å². The molecule has 31 heavy (non-hydrogen) atoms. The van der Waals surface area contributed by atoms with Gasteiger partial charge >= 0.3 is 5.97 Å². The van der Waals surface area contributed by atoms with Crippen LogP contribution in [-0.4, -0.2) is 63.1 Å². The predicted octanol–water partition coefficient (Wildman–Crippen LogP) is 2.80. The Morgan fingerprint density at radius 1 is 1.13 bits per heavy atom. The monoisotopic (exact) mass is 434 g/mol. The molecule has 8 heteroatoms. The van der Waals surface area contributed by atoms with Gasteiger partial charge in [0.25, 0.3) is 5.91 Å². The van der Waals surface area contributed by atoms with Crippen molar-refractivity contribution in [1.82, 2.24) is 10.2 Å². The minimum atomic E-state index is -0.509. The second kappa shape index (κ2) is 12.8. The molecule has 1 aromatic rings. The SMILES string of the molecule is CCCCCCNC(=O)C1CCCN(C(=O)c2ccc(OCC(=O)OC)c(OC)c2)C1. The zero-order chi connectivity index (χ0) is 22.6. The molecule has 1 heterocycles. The molecular weight excluding hydrogens is 400 g/mol. The van der Waals surface area contributed by atoms with E-state index >= 15 is 0 Å². The van der Waals surface area contributed by atoms with Crippen LogP contribution in [0, 0.1) is 5.92 Å². The van der Waals surface area contributed by atoms with E-state index in [-0.39, 0.29) is 24.3 Å². The van der Waals surface area contributed by atoms with Crippen LogP contribution in [0.5, 0.6) is 11.5 Å². The fraction of sp³-hybridized carbons (Fsp3) is 0.609. The smallest absolute Gasteiger partial charge is 0.343 e. The van der Waals surface area contributed by atoms with Crippen molar-refractivity contribution in [2.24, 2.45) is 5.92 Å². The third-order valence-corrected chi connectivity index (χ3v) is 5.39. The third kappa shape index (κ3) is 7.45. The fourth-order valence-electron chi connectivity index (χ4n) is 3.58. The first kappa shape index (κ1) is 24.5. The van der Waals surface area contributed by atoms with Gasteiger partial charge in [0.2, 0.25) is 5.91 Å². The number of methoxy groups -OCH3 is 2. The van der Waals surface area contributed by atoms with Crippen LogP contribution in [0.1, 0.15) is 55.8 Å². The number of esters is 1. The van der Waals surface area contributed by atoms with E-state index in [9.17, 15) is 14.4 Å². The molecule has 8 nitrogen and oxygen atoms in total. The van der Waals surface area contributed by atoms with Gasteiger partial charge in [0, 0.05) is 25.2 Å². The van der Waals surface area contributed by atoms with Crippen LogP contribution < -0.4 is 14.8 Å². The molecule has 2 amide bonds. The van der Waals surface area contributed by atoms with E-state index in [4.69, 9.17) is 9.47 Å². The van der Waals surface area contributed by atoms with Crippen molar-refractivity contribution in [3.63, 3.8) is 0 Å². The van der Waals surface area contributed by atoms with E-state index in [2.05, 4.69) is 17.0 Å². The highest BCUT2D eigenvalue weighted by Gasteiger charge is 2.29. The minimum Gasteiger partial charge on any atom is -0.493 e. The van der Waals surface area contributed by atoms with Crippen LogP contribution in [0.3, 0.4) is 0 Å². The summed E-state index contributed by atoms with van der Waals surface area (Å²) in [5.74, 6) is -0.119. The number of hydrogen-bond donors (Lipinski definition) is 1. The molecule has 1 atom stereocenters. The summed E-state index contributed by atoms with van der Waals surface area (Å²) in [7, 11) is 2.75. The van der Waals surface area contributed by atoms with Crippen molar-refractivity contribution in [2.75, 3.05) is 40.5 Å². The molecule has 0 spiro atoms. The van der Waals surface area contributed by atoms with E-state index in [1.54, 1.807) is 23.1 Å². The number of rotatable bonds is 11. The van der Waals surface area contributed by atoms with Gasteiger partial charge in [-0.1, -0.05) is 26.2 Å². The molecule has 0 radical (unpaired) electrons. The maximum absolute atomic E-state index is 13.0. The van der Waals surface area contributed by atoms with Crippen molar-refractivity contribution in [3.05, 3.63) is 23.8 Å². The summed E-state index contributed by atoms with van der Waals surface area (Å²) >= 11 is 0. The lowest BCUT2D eigenvalue weighted by Gasteiger charge is -2.32. The summed E-state index contributed by atoms with van der Waals surface area (Å²) in [6.07, 6.45) is 6.02. The number of carbonyl (C=O) groups excluding carboxylic acids is 3. The third-order valence-electron chi connectivity index (χ3n) is 5.39. The minimum absolute atomic E-state index is 0.0261. The molecule has 1 aliphatic heterocycles. The molecule has 0 saturated carbocycles. The highest BCUT2D eigenvalue weighted by Crippen LogP contribution is 2.29. The van der Waals surface area contributed by atoms with Gasteiger partial charge in [0.1, 0.15) is 0 Å². The summed E-state index contributed by atoms with van der Waals surface area (Å²) in [4.78, 5) is 38.5. The number of hydrogen-bond acceptors (Lipinski definition) is 6. The molecule has 1 aromatic carbocycles. The first-order valence-corrected chi connectivity index (χ1v) is 10.9. The van der Waals surface area contributed by atoms with Crippen LogP contribution in [0.25, 0.3) is 0 Å².